The summed E-state index contributed by atoms with van der Waals surface area (Å²) in [6.07, 6.45) is 5.02. The van der Waals surface area contributed by atoms with Crippen molar-refractivity contribution in [3.63, 3.8) is 0 Å². The highest BCUT2D eigenvalue weighted by Crippen LogP contribution is 2.45. The molecule has 0 aromatic heterocycles. The second kappa shape index (κ2) is 7.94. The van der Waals surface area contributed by atoms with E-state index in [4.69, 9.17) is 16.3 Å². The molecule has 0 amide bonds. The molecule has 28 heavy (non-hydrogen) atoms. The summed E-state index contributed by atoms with van der Waals surface area (Å²) in [7, 11) is 1.58. The number of fused-ring (bicyclic) bond motifs is 1. The van der Waals surface area contributed by atoms with E-state index in [1.54, 1.807) is 13.2 Å². The van der Waals surface area contributed by atoms with Crippen LogP contribution in [0.5, 0.6) is 11.5 Å². The van der Waals surface area contributed by atoms with Crippen LogP contribution in [0.2, 0.25) is 5.02 Å². The van der Waals surface area contributed by atoms with E-state index >= 15 is 0 Å². The predicted octanol–water partition coefficient (Wildman–Crippen LogP) is 3.51. The first-order chi connectivity index (χ1) is 13.5. The van der Waals surface area contributed by atoms with Gasteiger partial charge in [-0.15, -0.1) is 0 Å². The summed E-state index contributed by atoms with van der Waals surface area (Å²) >= 11 is 6.06. The van der Waals surface area contributed by atoms with Crippen molar-refractivity contribution in [3.05, 3.63) is 58.6 Å². The highest BCUT2D eigenvalue weighted by molar-refractivity contribution is 6.30. The molecular formula is C23H29ClNO3+. The van der Waals surface area contributed by atoms with Crippen LogP contribution < -0.4 is 9.64 Å². The van der Waals surface area contributed by atoms with Crippen molar-refractivity contribution in [2.45, 2.75) is 50.3 Å². The molecule has 1 aliphatic carbocycles. The smallest absolute Gasteiger partial charge is 0.160 e. The number of methoxy groups -OCH3 is 1. The molecule has 4 atom stereocenters. The van der Waals surface area contributed by atoms with E-state index in [1.165, 1.54) is 10.5 Å². The van der Waals surface area contributed by atoms with Gasteiger partial charge in [0.1, 0.15) is 12.6 Å². The predicted molar refractivity (Wildman–Crippen MR) is 110 cm³/mol. The minimum atomic E-state index is -0.586. The van der Waals surface area contributed by atoms with Crippen molar-refractivity contribution in [1.82, 2.24) is 0 Å². The van der Waals surface area contributed by atoms with Crippen molar-refractivity contribution >= 4 is 11.6 Å². The Kier molecular flexibility index (Phi) is 5.55. The van der Waals surface area contributed by atoms with Gasteiger partial charge in [-0.3, -0.25) is 0 Å². The lowest BCUT2D eigenvalue weighted by Crippen LogP contribution is -3.13. The summed E-state index contributed by atoms with van der Waals surface area (Å²) in [5, 5.41) is 22.2. The van der Waals surface area contributed by atoms with E-state index in [2.05, 4.69) is 12.1 Å². The highest BCUT2D eigenvalue weighted by Gasteiger charge is 2.51. The molecule has 1 aliphatic heterocycles. The van der Waals surface area contributed by atoms with Crippen molar-refractivity contribution in [1.29, 1.82) is 0 Å². The number of benzene rings is 2. The Morgan fingerprint density at radius 2 is 1.93 bits per heavy atom. The first-order valence-electron chi connectivity index (χ1n) is 10.2. The number of rotatable bonds is 4. The third-order valence-corrected chi connectivity index (χ3v) is 6.95. The number of aromatic hydroxyl groups is 1. The number of phenolic OH excluding ortho intramolecular Hbond substituents is 1. The van der Waals surface area contributed by atoms with Crippen LogP contribution in [-0.4, -0.2) is 29.5 Å². The van der Waals surface area contributed by atoms with Gasteiger partial charge < -0.3 is 19.8 Å². The summed E-state index contributed by atoms with van der Waals surface area (Å²) in [5.74, 6) is 0.861. The molecule has 2 aromatic rings. The number of hydrogen-bond donors (Lipinski definition) is 3. The number of nitrogens with one attached hydrogen (secondary N) is 1. The van der Waals surface area contributed by atoms with Gasteiger partial charge in [-0.2, -0.15) is 0 Å². The zero-order valence-electron chi connectivity index (χ0n) is 16.3. The fraction of sp³-hybridized carbons (Fsp3) is 0.478. The maximum Gasteiger partial charge on any atom is 0.160 e. The molecule has 0 bridgehead atoms. The third-order valence-electron chi connectivity index (χ3n) is 6.69. The summed E-state index contributed by atoms with van der Waals surface area (Å²) in [6.45, 7) is 1.81. The number of hydrogen-bond acceptors (Lipinski definition) is 3. The Morgan fingerprint density at radius 3 is 2.68 bits per heavy atom. The summed E-state index contributed by atoms with van der Waals surface area (Å²) < 4.78 is 5.37. The van der Waals surface area contributed by atoms with Gasteiger partial charge in [-0.05, 0) is 43.2 Å². The molecule has 4 nitrogen and oxygen atoms in total. The lowest BCUT2D eigenvalue weighted by Gasteiger charge is -2.50. The van der Waals surface area contributed by atoms with Crippen LogP contribution in [0.1, 0.15) is 49.3 Å². The average Bonchev–Trinajstić information content (AvgIpc) is 2.70. The standard InChI is InChI=1S/C23H28ClNO3/c1-28-21-14-17(7-10-20(21)26)22-19-4-2-3-11-23(19,27)12-13-25(22)15-16-5-8-18(24)9-6-16/h5-10,14,19,22,26-27H,2-4,11-13,15H2,1H3/p+1/t19-,22+,23-/m1/s1. The van der Waals surface area contributed by atoms with E-state index in [1.807, 2.05) is 24.3 Å². The number of piperidine rings is 1. The number of quaternary nitrogens is 1. The Balaban J connectivity index is 1.70. The molecule has 1 heterocycles. The number of halogens is 1. The fourth-order valence-corrected chi connectivity index (χ4v) is 5.40. The maximum absolute atomic E-state index is 11.4. The van der Waals surface area contributed by atoms with Crippen molar-refractivity contribution in [2.24, 2.45) is 5.92 Å². The SMILES string of the molecule is COc1cc([C@H]2[C@H]3CCCC[C@@]3(O)CC[NH+]2Cc2ccc(Cl)cc2)ccc1O. The molecule has 1 saturated carbocycles. The van der Waals surface area contributed by atoms with Gasteiger partial charge in [-0.25, -0.2) is 0 Å². The molecule has 1 unspecified atom stereocenters. The largest absolute Gasteiger partial charge is 0.504 e. The number of likely N-dealkylation sites (tertiary alicyclic amines) is 1. The minimum Gasteiger partial charge on any atom is -0.504 e. The quantitative estimate of drug-likeness (QED) is 0.733. The van der Waals surface area contributed by atoms with Gasteiger partial charge in [0.2, 0.25) is 0 Å². The highest BCUT2D eigenvalue weighted by atomic mass is 35.5. The second-order valence-electron chi connectivity index (χ2n) is 8.33. The van der Waals surface area contributed by atoms with Crippen molar-refractivity contribution in [3.8, 4) is 11.5 Å². The number of aliphatic hydroxyl groups is 1. The van der Waals surface area contributed by atoms with Crippen LogP contribution in [0.3, 0.4) is 0 Å². The van der Waals surface area contributed by atoms with E-state index in [0.717, 1.165) is 55.8 Å². The summed E-state index contributed by atoms with van der Waals surface area (Å²) in [4.78, 5) is 1.45. The van der Waals surface area contributed by atoms with E-state index in [9.17, 15) is 10.2 Å². The van der Waals surface area contributed by atoms with Crippen LogP contribution >= 0.6 is 11.6 Å². The molecule has 5 heteroatoms. The topological polar surface area (TPSA) is 54.1 Å². The van der Waals surface area contributed by atoms with Crippen molar-refractivity contribution < 1.29 is 19.8 Å². The van der Waals surface area contributed by atoms with Gasteiger partial charge >= 0.3 is 0 Å². The molecular weight excluding hydrogens is 374 g/mol. The first kappa shape index (κ1) is 19.6. The Labute approximate surface area is 171 Å². The molecule has 2 aliphatic rings. The Bertz CT molecular complexity index is 825. The Hall–Kier alpha value is -1.75. The van der Waals surface area contributed by atoms with Crippen LogP contribution in [0.25, 0.3) is 0 Å². The van der Waals surface area contributed by atoms with E-state index < -0.39 is 5.60 Å². The zero-order chi connectivity index (χ0) is 19.7. The monoisotopic (exact) mass is 402 g/mol. The van der Waals surface area contributed by atoms with Gasteiger partial charge in [0.25, 0.3) is 0 Å². The summed E-state index contributed by atoms with van der Waals surface area (Å²) in [5.41, 5.74) is 1.79. The third kappa shape index (κ3) is 3.73. The van der Waals surface area contributed by atoms with Gasteiger partial charge in [0.15, 0.2) is 11.5 Å². The number of phenols is 1. The molecule has 1 saturated heterocycles. The first-order valence-corrected chi connectivity index (χ1v) is 10.6. The molecule has 2 aromatic carbocycles. The van der Waals surface area contributed by atoms with Gasteiger partial charge in [-0.1, -0.05) is 36.6 Å². The molecule has 4 rings (SSSR count). The van der Waals surface area contributed by atoms with Crippen LogP contribution in [0, 0.1) is 5.92 Å². The van der Waals surface area contributed by atoms with Crippen molar-refractivity contribution in [2.75, 3.05) is 13.7 Å². The maximum atomic E-state index is 11.4. The van der Waals surface area contributed by atoms with E-state index in [0.29, 0.717) is 5.75 Å². The molecule has 3 N–H and O–H groups in total. The van der Waals surface area contributed by atoms with E-state index in [-0.39, 0.29) is 17.7 Å². The average molecular weight is 403 g/mol. The fourth-order valence-electron chi connectivity index (χ4n) is 5.27. The normalized spacial score (nSPS) is 29.9. The molecule has 0 radical (unpaired) electrons. The second-order valence-corrected chi connectivity index (χ2v) is 8.76. The lowest BCUT2D eigenvalue weighted by molar-refractivity contribution is -0.958. The van der Waals surface area contributed by atoms with Crippen LogP contribution in [0.15, 0.2) is 42.5 Å². The van der Waals surface area contributed by atoms with Gasteiger partial charge in [0.05, 0.1) is 19.3 Å². The zero-order valence-corrected chi connectivity index (χ0v) is 17.1. The lowest BCUT2D eigenvalue weighted by atomic mass is 9.66. The van der Waals surface area contributed by atoms with Crippen LogP contribution in [-0.2, 0) is 6.54 Å². The van der Waals surface area contributed by atoms with Crippen LogP contribution in [0.4, 0.5) is 0 Å². The summed E-state index contributed by atoms with van der Waals surface area (Å²) in [6, 6.07) is 13.9. The molecule has 150 valence electrons. The van der Waals surface area contributed by atoms with Gasteiger partial charge in [0, 0.05) is 28.5 Å². The number of ether oxygens (including phenoxy) is 1. The molecule has 2 fully saturated rings. The minimum absolute atomic E-state index is 0.153. The Morgan fingerprint density at radius 1 is 1.14 bits per heavy atom. The molecule has 0 spiro atoms.